The van der Waals surface area contributed by atoms with Crippen molar-refractivity contribution in [2.75, 3.05) is 0 Å². The molecule has 1 unspecified atom stereocenters. The number of fused-ring (bicyclic) bond motifs is 1. The number of nitrogens with two attached hydrogens (primary N) is 1. The van der Waals surface area contributed by atoms with E-state index in [9.17, 15) is 4.79 Å². The summed E-state index contributed by atoms with van der Waals surface area (Å²) >= 11 is 0. The second-order valence-corrected chi connectivity index (χ2v) is 3.14. The summed E-state index contributed by atoms with van der Waals surface area (Å²) in [7, 11) is 0. The Hall–Kier alpha value is -1.32. The molecular formula is C8H11N3O. The third-order valence-electron chi connectivity index (χ3n) is 2.42. The SMILES string of the molecule is Cc1ncn2c1CCC2C(N)=O. The largest absolute Gasteiger partial charge is 0.368 e. The van der Waals surface area contributed by atoms with Gasteiger partial charge in [0.05, 0.1) is 12.0 Å². The van der Waals surface area contributed by atoms with Gasteiger partial charge in [-0.1, -0.05) is 0 Å². The molecule has 1 aliphatic rings. The van der Waals surface area contributed by atoms with Crippen molar-refractivity contribution in [3.05, 3.63) is 17.7 Å². The molecule has 1 aliphatic heterocycles. The number of carbonyl (C=O) groups is 1. The molecule has 0 spiro atoms. The van der Waals surface area contributed by atoms with Crippen molar-refractivity contribution in [1.29, 1.82) is 0 Å². The third kappa shape index (κ3) is 0.841. The van der Waals surface area contributed by atoms with Crippen LogP contribution in [-0.4, -0.2) is 15.5 Å². The Kier molecular flexibility index (Phi) is 1.43. The van der Waals surface area contributed by atoms with Gasteiger partial charge in [0.15, 0.2) is 0 Å². The van der Waals surface area contributed by atoms with Crippen molar-refractivity contribution in [3.8, 4) is 0 Å². The van der Waals surface area contributed by atoms with Gasteiger partial charge in [-0.25, -0.2) is 4.98 Å². The molecule has 0 saturated carbocycles. The first-order valence-electron chi connectivity index (χ1n) is 4.02. The van der Waals surface area contributed by atoms with Crippen LogP contribution in [0.4, 0.5) is 0 Å². The molecule has 2 heterocycles. The molecule has 1 aromatic heterocycles. The van der Waals surface area contributed by atoms with Gasteiger partial charge in [-0.15, -0.1) is 0 Å². The minimum atomic E-state index is -0.258. The highest BCUT2D eigenvalue weighted by molar-refractivity contribution is 5.79. The molecule has 2 N–H and O–H groups in total. The molecule has 1 aromatic rings. The number of primary amides is 1. The van der Waals surface area contributed by atoms with E-state index in [1.165, 1.54) is 0 Å². The lowest BCUT2D eigenvalue weighted by molar-refractivity contribution is -0.120. The topological polar surface area (TPSA) is 60.9 Å². The zero-order valence-electron chi connectivity index (χ0n) is 6.95. The van der Waals surface area contributed by atoms with Crippen LogP contribution in [-0.2, 0) is 11.2 Å². The van der Waals surface area contributed by atoms with Crippen LogP contribution < -0.4 is 5.73 Å². The molecule has 4 nitrogen and oxygen atoms in total. The average molecular weight is 165 g/mol. The van der Waals surface area contributed by atoms with Gasteiger partial charge >= 0.3 is 0 Å². The van der Waals surface area contributed by atoms with E-state index in [1.807, 2.05) is 11.5 Å². The van der Waals surface area contributed by atoms with Crippen molar-refractivity contribution in [2.24, 2.45) is 5.73 Å². The maximum atomic E-state index is 10.9. The van der Waals surface area contributed by atoms with Crippen molar-refractivity contribution in [3.63, 3.8) is 0 Å². The predicted octanol–water partition coefficient (Wildman–Crippen LogP) is 0.164. The number of aromatic nitrogens is 2. The number of rotatable bonds is 1. The molecule has 0 saturated heterocycles. The first-order chi connectivity index (χ1) is 5.70. The molecule has 1 atom stereocenters. The smallest absolute Gasteiger partial charge is 0.240 e. The number of carbonyl (C=O) groups excluding carboxylic acids is 1. The van der Waals surface area contributed by atoms with Crippen molar-refractivity contribution >= 4 is 5.91 Å². The summed E-state index contributed by atoms with van der Waals surface area (Å²) in [6, 6.07) is -0.166. The Labute approximate surface area is 70.4 Å². The molecule has 0 bridgehead atoms. The van der Waals surface area contributed by atoms with E-state index in [2.05, 4.69) is 4.98 Å². The molecule has 0 fully saturated rings. The zero-order chi connectivity index (χ0) is 8.72. The monoisotopic (exact) mass is 165 g/mol. The lowest BCUT2D eigenvalue weighted by atomic mass is 10.2. The summed E-state index contributed by atoms with van der Waals surface area (Å²) in [5.41, 5.74) is 7.40. The molecular weight excluding hydrogens is 154 g/mol. The summed E-state index contributed by atoms with van der Waals surface area (Å²) in [4.78, 5) is 15.1. The van der Waals surface area contributed by atoms with E-state index in [1.54, 1.807) is 6.33 Å². The highest BCUT2D eigenvalue weighted by atomic mass is 16.1. The van der Waals surface area contributed by atoms with Crippen LogP contribution in [0.1, 0.15) is 23.9 Å². The molecule has 12 heavy (non-hydrogen) atoms. The number of hydrogen-bond acceptors (Lipinski definition) is 2. The van der Waals surface area contributed by atoms with Gasteiger partial charge in [0.2, 0.25) is 5.91 Å². The number of aryl methyl sites for hydroxylation is 1. The molecule has 0 radical (unpaired) electrons. The van der Waals surface area contributed by atoms with E-state index in [4.69, 9.17) is 5.73 Å². The number of hydrogen-bond donors (Lipinski definition) is 1. The Balaban J connectivity index is 2.43. The molecule has 2 rings (SSSR count). The third-order valence-corrected chi connectivity index (χ3v) is 2.42. The predicted molar refractivity (Wildman–Crippen MR) is 43.5 cm³/mol. The first kappa shape index (κ1) is 7.34. The molecule has 0 aromatic carbocycles. The Morgan fingerprint density at radius 2 is 2.58 bits per heavy atom. The van der Waals surface area contributed by atoms with E-state index in [0.717, 1.165) is 24.2 Å². The van der Waals surface area contributed by atoms with Crippen LogP contribution in [0, 0.1) is 6.92 Å². The fraction of sp³-hybridized carbons (Fsp3) is 0.500. The van der Waals surface area contributed by atoms with Crippen LogP contribution >= 0.6 is 0 Å². The minimum absolute atomic E-state index is 0.166. The maximum Gasteiger partial charge on any atom is 0.240 e. The summed E-state index contributed by atoms with van der Waals surface area (Å²) in [6.45, 7) is 1.95. The lowest BCUT2D eigenvalue weighted by Gasteiger charge is -2.06. The van der Waals surface area contributed by atoms with Crippen LogP contribution in [0.15, 0.2) is 6.33 Å². The van der Waals surface area contributed by atoms with Gasteiger partial charge in [-0.05, 0) is 19.8 Å². The zero-order valence-corrected chi connectivity index (χ0v) is 6.95. The van der Waals surface area contributed by atoms with Crippen molar-refractivity contribution in [2.45, 2.75) is 25.8 Å². The summed E-state index contributed by atoms with van der Waals surface area (Å²) in [5, 5.41) is 0. The molecule has 64 valence electrons. The van der Waals surface area contributed by atoms with Gasteiger partial charge < -0.3 is 10.3 Å². The quantitative estimate of drug-likeness (QED) is 0.644. The number of nitrogens with zero attached hydrogens (tertiary/aromatic N) is 2. The minimum Gasteiger partial charge on any atom is -0.368 e. The second kappa shape index (κ2) is 2.33. The fourth-order valence-electron chi connectivity index (χ4n) is 1.75. The van der Waals surface area contributed by atoms with Crippen LogP contribution in [0.2, 0.25) is 0 Å². The Morgan fingerprint density at radius 1 is 1.83 bits per heavy atom. The van der Waals surface area contributed by atoms with Crippen molar-refractivity contribution in [1.82, 2.24) is 9.55 Å². The van der Waals surface area contributed by atoms with E-state index >= 15 is 0 Å². The summed E-state index contributed by atoms with van der Waals surface area (Å²) in [6.07, 6.45) is 3.44. The van der Waals surface area contributed by atoms with Crippen molar-refractivity contribution < 1.29 is 4.79 Å². The Morgan fingerprint density at radius 3 is 3.25 bits per heavy atom. The molecule has 1 amide bonds. The highest BCUT2D eigenvalue weighted by Gasteiger charge is 2.27. The highest BCUT2D eigenvalue weighted by Crippen LogP contribution is 2.26. The van der Waals surface area contributed by atoms with Gasteiger partial charge in [0, 0.05) is 5.69 Å². The lowest BCUT2D eigenvalue weighted by Crippen LogP contribution is -2.23. The van der Waals surface area contributed by atoms with E-state index in [0.29, 0.717) is 0 Å². The van der Waals surface area contributed by atoms with Gasteiger partial charge in [0.25, 0.3) is 0 Å². The first-order valence-corrected chi connectivity index (χ1v) is 4.02. The average Bonchev–Trinajstić information content (AvgIpc) is 2.53. The van der Waals surface area contributed by atoms with Gasteiger partial charge in [0.1, 0.15) is 6.04 Å². The second-order valence-electron chi connectivity index (χ2n) is 3.14. The molecule has 0 aliphatic carbocycles. The van der Waals surface area contributed by atoms with Crippen LogP contribution in [0.5, 0.6) is 0 Å². The number of imidazole rings is 1. The standard InChI is InChI=1S/C8H11N3O/c1-5-6-2-3-7(8(9)12)11(6)4-10-5/h4,7H,2-3H2,1H3,(H2,9,12). The van der Waals surface area contributed by atoms with Gasteiger partial charge in [-0.2, -0.15) is 0 Å². The van der Waals surface area contributed by atoms with Gasteiger partial charge in [-0.3, -0.25) is 4.79 Å². The summed E-state index contributed by atoms with van der Waals surface area (Å²) < 4.78 is 1.89. The Bertz CT molecular complexity index is 329. The normalized spacial score (nSPS) is 20.9. The van der Waals surface area contributed by atoms with E-state index in [-0.39, 0.29) is 11.9 Å². The van der Waals surface area contributed by atoms with E-state index < -0.39 is 0 Å². The van der Waals surface area contributed by atoms with Crippen LogP contribution in [0.25, 0.3) is 0 Å². The molecule has 4 heteroatoms. The number of amides is 1. The fourth-order valence-corrected chi connectivity index (χ4v) is 1.75. The van der Waals surface area contributed by atoms with Crippen LogP contribution in [0.3, 0.4) is 0 Å². The summed E-state index contributed by atoms with van der Waals surface area (Å²) in [5.74, 6) is -0.258. The maximum absolute atomic E-state index is 10.9.